The third kappa shape index (κ3) is 9.18. The molecule has 32 heavy (non-hydrogen) atoms. The molecule has 2 aromatic carbocycles. The number of nitrogens with one attached hydrogen (secondary N) is 2. The smallest absolute Gasteiger partial charge is 0.329 e. The lowest BCUT2D eigenvalue weighted by Crippen LogP contribution is -2.38. The molecule has 0 bridgehead atoms. The number of amides is 2. The molecule has 0 saturated carbocycles. The number of benzene rings is 2. The maximum absolute atomic E-state index is 11.8. The Morgan fingerprint density at radius 1 is 1.03 bits per heavy atom. The molecular weight excluding hydrogens is 410 g/mol. The second-order valence-electron chi connectivity index (χ2n) is 7.14. The highest BCUT2D eigenvalue weighted by atomic mass is 16.5. The van der Waals surface area contributed by atoms with E-state index in [-0.39, 0.29) is 6.10 Å². The first kappa shape index (κ1) is 24.9. The number of hydrogen-bond acceptors (Lipinski definition) is 6. The fourth-order valence-electron chi connectivity index (χ4n) is 2.62. The Kier molecular flexibility index (Phi) is 10.7. The van der Waals surface area contributed by atoms with Crippen molar-refractivity contribution in [3.8, 4) is 11.5 Å². The van der Waals surface area contributed by atoms with E-state index in [4.69, 9.17) is 14.2 Å². The van der Waals surface area contributed by atoms with Gasteiger partial charge in [0.05, 0.1) is 18.9 Å². The number of rotatable bonds is 12. The largest absolute Gasteiger partial charge is 0.490 e. The average molecular weight is 442 g/mol. The highest BCUT2D eigenvalue weighted by molar-refractivity contribution is 6.35. The van der Waals surface area contributed by atoms with Crippen LogP contribution in [0.5, 0.6) is 11.5 Å². The van der Waals surface area contributed by atoms with Gasteiger partial charge in [0, 0.05) is 13.2 Å². The van der Waals surface area contributed by atoms with Gasteiger partial charge in [0.15, 0.2) is 11.5 Å². The van der Waals surface area contributed by atoms with Crippen LogP contribution in [0.4, 0.5) is 0 Å². The van der Waals surface area contributed by atoms with E-state index >= 15 is 0 Å². The van der Waals surface area contributed by atoms with Crippen molar-refractivity contribution in [2.24, 2.45) is 5.10 Å². The first-order chi connectivity index (χ1) is 15.5. The normalized spacial score (nSPS) is 10.9. The van der Waals surface area contributed by atoms with Crippen molar-refractivity contribution in [1.29, 1.82) is 0 Å². The molecule has 0 saturated heterocycles. The van der Waals surface area contributed by atoms with Gasteiger partial charge in [-0.25, -0.2) is 5.43 Å². The van der Waals surface area contributed by atoms with Gasteiger partial charge in [0.2, 0.25) is 0 Å². The van der Waals surface area contributed by atoms with Crippen LogP contribution >= 0.6 is 0 Å². The number of hydrazone groups is 1. The van der Waals surface area contributed by atoms with E-state index in [1.807, 2.05) is 51.1 Å². The Bertz CT molecular complexity index is 884. The third-order valence-electron chi connectivity index (χ3n) is 4.15. The molecule has 0 radical (unpaired) electrons. The Labute approximate surface area is 188 Å². The summed E-state index contributed by atoms with van der Waals surface area (Å²) in [5.41, 5.74) is 3.96. The first-order valence-corrected chi connectivity index (χ1v) is 10.7. The summed E-state index contributed by atoms with van der Waals surface area (Å²) in [5, 5.41) is 6.37. The van der Waals surface area contributed by atoms with E-state index < -0.39 is 11.8 Å². The van der Waals surface area contributed by atoms with E-state index in [9.17, 15) is 9.59 Å². The second-order valence-corrected chi connectivity index (χ2v) is 7.14. The maximum atomic E-state index is 11.8. The molecule has 172 valence electrons. The van der Waals surface area contributed by atoms with E-state index in [1.165, 1.54) is 6.21 Å². The van der Waals surface area contributed by atoms with Crippen LogP contribution in [0.25, 0.3) is 0 Å². The van der Waals surface area contributed by atoms with Gasteiger partial charge in [0.1, 0.15) is 6.61 Å². The molecule has 0 fully saturated rings. The lowest BCUT2D eigenvalue weighted by molar-refractivity contribution is -0.139. The Balaban J connectivity index is 1.85. The Morgan fingerprint density at radius 2 is 1.81 bits per heavy atom. The Hall–Kier alpha value is -3.39. The molecule has 2 N–H and O–H groups in total. The minimum Gasteiger partial charge on any atom is -0.490 e. The van der Waals surface area contributed by atoms with Crippen molar-refractivity contribution >= 4 is 18.0 Å². The lowest BCUT2D eigenvalue weighted by Gasteiger charge is -2.12. The van der Waals surface area contributed by atoms with E-state index in [1.54, 1.807) is 18.2 Å². The van der Waals surface area contributed by atoms with Crippen molar-refractivity contribution in [3.63, 3.8) is 0 Å². The van der Waals surface area contributed by atoms with Crippen molar-refractivity contribution in [3.05, 3.63) is 59.7 Å². The van der Waals surface area contributed by atoms with Gasteiger partial charge >= 0.3 is 11.8 Å². The molecule has 2 rings (SSSR count). The Morgan fingerprint density at radius 3 is 2.53 bits per heavy atom. The third-order valence-corrected chi connectivity index (χ3v) is 4.15. The van der Waals surface area contributed by atoms with Crippen LogP contribution in [-0.2, 0) is 20.9 Å². The summed E-state index contributed by atoms with van der Waals surface area (Å²) in [6.45, 7) is 7.52. The standard InChI is InChI=1S/C24H31N3O5/c1-4-30-22-15-20(11-12-21(22)32-17-19-9-6-5-7-10-19)16-26-27-24(29)23(28)25-13-8-14-31-18(2)3/h5-7,9-12,15-16,18H,4,8,13-14,17H2,1-3H3,(H,25,28)(H,27,29)/b26-16-. The van der Waals surface area contributed by atoms with E-state index in [0.29, 0.717) is 49.8 Å². The summed E-state index contributed by atoms with van der Waals surface area (Å²) in [6.07, 6.45) is 2.20. The molecule has 0 aromatic heterocycles. The summed E-state index contributed by atoms with van der Waals surface area (Å²) < 4.78 is 16.9. The van der Waals surface area contributed by atoms with Crippen LogP contribution in [0.1, 0.15) is 38.3 Å². The van der Waals surface area contributed by atoms with Gasteiger partial charge in [-0.15, -0.1) is 0 Å². The van der Waals surface area contributed by atoms with Crippen LogP contribution in [0, 0.1) is 0 Å². The van der Waals surface area contributed by atoms with Crippen LogP contribution in [0.15, 0.2) is 53.6 Å². The fourth-order valence-corrected chi connectivity index (χ4v) is 2.62. The van der Waals surface area contributed by atoms with Gasteiger partial charge in [-0.3, -0.25) is 9.59 Å². The predicted molar refractivity (Wildman–Crippen MR) is 123 cm³/mol. The zero-order valence-corrected chi connectivity index (χ0v) is 18.8. The van der Waals surface area contributed by atoms with Gasteiger partial charge in [0.25, 0.3) is 0 Å². The molecule has 0 spiro atoms. The molecule has 8 heteroatoms. The molecule has 0 aliphatic carbocycles. The number of carbonyl (C=O) groups is 2. The maximum Gasteiger partial charge on any atom is 0.329 e. The van der Waals surface area contributed by atoms with Gasteiger partial charge in [-0.2, -0.15) is 5.10 Å². The SMILES string of the molecule is CCOc1cc(/C=N\NC(=O)C(=O)NCCCOC(C)C)ccc1OCc1ccccc1. The molecule has 0 heterocycles. The van der Waals surface area contributed by atoms with E-state index in [2.05, 4.69) is 15.8 Å². The topological polar surface area (TPSA) is 98.2 Å². The zero-order valence-electron chi connectivity index (χ0n) is 18.8. The minimum absolute atomic E-state index is 0.135. The molecule has 0 aliphatic rings. The summed E-state index contributed by atoms with van der Waals surface area (Å²) in [5.74, 6) is -0.400. The van der Waals surface area contributed by atoms with Crippen LogP contribution in [0.3, 0.4) is 0 Å². The molecule has 0 atom stereocenters. The van der Waals surface area contributed by atoms with Gasteiger partial charge < -0.3 is 19.5 Å². The second kappa shape index (κ2) is 13.8. The van der Waals surface area contributed by atoms with E-state index in [0.717, 1.165) is 5.56 Å². The van der Waals surface area contributed by atoms with Crippen molar-refractivity contribution in [2.45, 2.75) is 39.9 Å². The molecule has 0 aliphatic heterocycles. The summed E-state index contributed by atoms with van der Waals surface area (Å²) in [7, 11) is 0. The number of ether oxygens (including phenoxy) is 3. The molecule has 8 nitrogen and oxygen atoms in total. The first-order valence-electron chi connectivity index (χ1n) is 10.7. The molecule has 0 unspecified atom stereocenters. The summed E-state index contributed by atoms with van der Waals surface area (Å²) in [6, 6.07) is 15.2. The van der Waals surface area contributed by atoms with Crippen molar-refractivity contribution in [2.75, 3.05) is 19.8 Å². The molecular formula is C24H31N3O5. The highest BCUT2D eigenvalue weighted by Crippen LogP contribution is 2.28. The van der Waals surface area contributed by atoms with Gasteiger partial charge in [-0.05, 0) is 56.5 Å². The monoisotopic (exact) mass is 441 g/mol. The zero-order chi connectivity index (χ0) is 23.2. The van der Waals surface area contributed by atoms with Crippen LogP contribution in [-0.4, -0.2) is 43.9 Å². The minimum atomic E-state index is -0.834. The average Bonchev–Trinajstić information content (AvgIpc) is 2.78. The van der Waals surface area contributed by atoms with Crippen molar-refractivity contribution in [1.82, 2.24) is 10.7 Å². The molecule has 2 amide bonds. The fraction of sp³-hybridized carbons (Fsp3) is 0.375. The van der Waals surface area contributed by atoms with Crippen LogP contribution < -0.4 is 20.2 Å². The van der Waals surface area contributed by atoms with Crippen LogP contribution in [0.2, 0.25) is 0 Å². The predicted octanol–water partition coefficient (Wildman–Crippen LogP) is 3.05. The van der Waals surface area contributed by atoms with Gasteiger partial charge in [-0.1, -0.05) is 30.3 Å². The number of hydrogen-bond donors (Lipinski definition) is 2. The summed E-state index contributed by atoms with van der Waals surface area (Å²) >= 11 is 0. The number of nitrogens with zero attached hydrogens (tertiary/aromatic N) is 1. The molecule has 2 aromatic rings. The quantitative estimate of drug-likeness (QED) is 0.228. The summed E-state index contributed by atoms with van der Waals surface area (Å²) in [4.78, 5) is 23.6. The van der Waals surface area contributed by atoms with Crippen molar-refractivity contribution < 1.29 is 23.8 Å². The lowest BCUT2D eigenvalue weighted by atomic mass is 10.2. The highest BCUT2D eigenvalue weighted by Gasteiger charge is 2.12. The number of carbonyl (C=O) groups excluding carboxylic acids is 2.